The second-order valence-corrected chi connectivity index (χ2v) is 4.78. The number of aliphatic hydroxyl groups excluding tert-OH is 1. The quantitative estimate of drug-likeness (QED) is 0.537. The molecule has 2 rings (SSSR count). The highest BCUT2D eigenvalue weighted by Crippen LogP contribution is 2.22. The van der Waals surface area contributed by atoms with E-state index in [-0.39, 0.29) is 16.2 Å². The number of benzene rings is 1. The molecule has 0 fully saturated rings. The van der Waals surface area contributed by atoms with Gasteiger partial charge in [-0.15, -0.1) is 0 Å². The Hall–Kier alpha value is -3.08. The number of nitrogens with zero attached hydrogens (tertiary/aromatic N) is 3. The van der Waals surface area contributed by atoms with Crippen LogP contribution in [-0.2, 0) is 14.3 Å². The first-order valence-electron chi connectivity index (χ1n) is 6.89. The van der Waals surface area contributed by atoms with Crippen LogP contribution in [0.3, 0.4) is 0 Å². The van der Waals surface area contributed by atoms with Gasteiger partial charge in [0.05, 0.1) is 5.56 Å². The van der Waals surface area contributed by atoms with Crippen LogP contribution in [0.25, 0.3) is 11.4 Å². The average Bonchev–Trinajstić information content (AvgIpc) is 2.92. The molecule has 0 spiro atoms. The lowest BCUT2D eigenvalue weighted by Crippen LogP contribution is -2.29. The van der Waals surface area contributed by atoms with E-state index >= 15 is 0 Å². The van der Waals surface area contributed by atoms with Gasteiger partial charge in [0.2, 0.25) is 5.82 Å². The zero-order valence-corrected chi connectivity index (χ0v) is 12.8. The minimum absolute atomic E-state index is 0.203. The third-order valence-electron chi connectivity index (χ3n) is 2.98. The Labute approximate surface area is 139 Å². The molecule has 0 radical (unpaired) electrons. The highest BCUT2D eigenvalue weighted by Gasteiger charge is 2.20. The number of aromatic nitrogens is 3. The first-order valence-corrected chi connectivity index (χ1v) is 6.89. The number of halogens is 2. The van der Waals surface area contributed by atoms with Gasteiger partial charge in [-0.1, -0.05) is 9.94 Å². The van der Waals surface area contributed by atoms with E-state index < -0.39 is 48.7 Å². The van der Waals surface area contributed by atoms with Crippen molar-refractivity contribution in [3.63, 3.8) is 0 Å². The molecule has 134 valence electrons. The molecule has 11 heteroatoms. The zero-order chi connectivity index (χ0) is 18.6. The molecule has 0 aliphatic heterocycles. The normalized spacial score (nSPS) is 11.8. The van der Waals surface area contributed by atoms with Crippen molar-refractivity contribution in [3.05, 3.63) is 29.8 Å². The number of rotatable bonds is 7. The molecule has 0 aliphatic rings. The van der Waals surface area contributed by atoms with Gasteiger partial charge in [-0.25, -0.2) is 13.6 Å². The van der Waals surface area contributed by atoms with Crippen LogP contribution in [0, 0.1) is 11.6 Å². The summed E-state index contributed by atoms with van der Waals surface area (Å²) in [6, 6.07) is 2.13. The predicted octanol–water partition coefficient (Wildman–Crippen LogP) is 0.333. The van der Waals surface area contributed by atoms with Gasteiger partial charge in [0.1, 0.15) is 18.2 Å². The maximum absolute atomic E-state index is 13.7. The molecule has 0 saturated heterocycles. The number of hydrogen-bond acceptors (Lipinski definition) is 8. The third-order valence-corrected chi connectivity index (χ3v) is 2.98. The summed E-state index contributed by atoms with van der Waals surface area (Å²) in [6.45, 7) is -0.205. The number of carbonyl (C=O) groups excluding carboxylic acids is 2. The SMILES string of the molecule is CC(OC(=O)COc1nc(-c2ccc(F)cc2F)n(O)n1)C(=O)CO. The number of hydrogen-bond donors (Lipinski definition) is 2. The van der Waals surface area contributed by atoms with Gasteiger partial charge < -0.3 is 19.8 Å². The Kier molecular flexibility index (Phi) is 5.60. The molecule has 1 atom stereocenters. The van der Waals surface area contributed by atoms with Gasteiger partial charge in [0.25, 0.3) is 0 Å². The third kappa shape index (κ3) is 4.47. The average molecular weight is 357 g/mol. The molecule has 0 bridgehead atoms. The van der Waals surface area contributed by atoms with E-state index in [2.05, 4.69) is 14.8 Å². The molecule has 1 aromatic heterocycles. The van der Waals surface area contributed by atoms with E-state index in [9.17, 15) is 23.6 Å². The lowest BCUT2D eigenvalue weighted by Gasteiger charge is -2.10. The fourth-order valence-corrected chi connectivity index (χ4v) is 1.73. The fourth-order valence-electron chi connectivity index (χ4n) is 1.73. The Morgan fingerprint density at radius 1 is 1.36 bits per heavy atom. The van der Waals surface area contributed by atoms with E-state index in [0.717, 1.165) is 12.1 Å². The summed E-state index contributed by atoms with van der Waals surface area (Å²) < 4.78 is 36.2. The van der Waals surface area contributed by atoms with Crippen LogP contribution in [0.1, 0.15) is 6.92 Å². The topological polar surface area (TPSA) is 124 Å². The lowest BCUT2D eigenvalue weighted by molar-refractivity contribution is -0.156. The number of Topliss-reactive ketones (excluding diaryl/α,β-unsaturated/α-hetero) is 1. The largest absolute Gasteiger partial charge is 0.452 e. The second-order valence-electron chi connectivity index (χ2n) is 4.78. The minimum Gasteiger partial charge on any atom is -0.452 e. The smallest absolute Gasteiger partial charge is 0.344 e. The summed E-state index contributed by atoms with van der Waals surface area (Å²) in [5.41, 5.74) is -0.240. The van der Waals surface area contributed by atoms with E-state index in [1.807, 2.05) is 0 Å². The molecule has 0 aliphatic carbocycles. The van der Waals surface area contributed by atoms with Gasteiger partial charge in [-0.05, 0) is 19.1 Å². The van der Waals surface area contributed by atoms with Crippen molar-refractivity contribution >= 4 is 11.8 Å². The maximum Gasteiger partial charge on any atom is 0.344 e. The van der Waals surface area contributed by atoms with Crippen molar-refractivity contribution in [2.45, 2.75) is 13.0 Å². The molecule has 1 heterocycles. The molecular formula is C14H13F2N3O6. The molecule has 9 nitrogen and oxygen atoms in total. The van der Waals surface area contributed by atoms with E-state index in [4.69, 9.17) is 9.84 Å². The van der Waals surface area contributed by atoms with Crippen LogP contribution in [0.5, 0.6) is 6.01 Å². The summed E-state index contributed by atoms with van der Waals surface area (Å²) in [4.78, 5) is 26.5. The summed E-state index contributed by atoms with van der Waals surface area (Å²) in [5, 5.41) is 21.7. The molecular weight excluding hydrogens is 344 g/mol. The first-order chi connectivity index (χ1) is 11.8. The van der Waals surface area contributed by atoms with E-state index in [1.165, 1.54) is 6.92 Å². The highest BCUT2D eigenvalue weighted by atomic mass is 19.1. The number of ketones is 1. The van der Waals surface area contributed by atoms with Crippen molar-refractivity contribution in [1.29, 1.82) is 0 Å². The standard InChI is InChI=1S/C14H13F2N3O6/c1-7(11(21)5-20)25-12(22)6-24-14-17-13(19(23)18-14)9-3-2-8(15)4-10(9)16/h2-4,7,20,23H,5-6H2,1H3. The second kappa shape index (κ2) is 7.66. The molecule has 2 N–H and O–H groups in total. The van der Waals surface area contributed by atoms with Crippen LogP contribution < -0.4 is 4.74 Å². The molecule has 25 heavy (non-hydrogen) atoms. The van der Waals surface area contributed by atoms with Crippen LogP contribution in [0.15, 0.2) is 18.2 Å². The maximum atomic E-state index is 13.7. The van der Waals surface area contributed by atoms with Crippen LogP contribution in [0.4, 0.5) is 8.78 Å². The van der Waals surface area contributed by atoms with Crippen molar-refractivity contribution in [2.75, 3.05) is 13.2 Å². The number of aliphatic hydroxyl groups is 1. The fraction of sp³-hybridized carbons (Fsp3) is 0.286. The predicted molar refractivity (Wildman–Crippen MR) is 75.7 cm³/mol. The number of esters is 1. The molecule has 1 aromatic carbocycles. The Bertz CT molecular complexity index is 795. The van der Waals surface area contributed by atoms with Gasteiger partial charge in [-0.3, -0.25) is 4.79 Å². The summed E-state index contributed by atoms with van der Waals surface area (Å²) >= 11 is 0. The van der Waals surface area contributed by atoms with Gasteiger partial charge >= 0.3 is 12.0 Å². The molecule has 0 amide bonds. The number of carbonyl (C=O) groups is 2. The monoisotopic (exact) mass is 357 g/mol. The van der Waals surface area contributed by atoms with Crippen molar-refractivity contribution in [2.24, 2.45) is 0 Å². The van der Waals surface area contributed by atoms with Crippen molar-refractivity contribution in [3.8, 4) is 17.4 Å². The zero-order valence-electron chi connectivity index (χ0n) is 12.8. The van der Waals surface area contributed by atoms with Gasteiger partial charge in [-0.2, -0.15) is 4.98 Å². The van der Waals surface area contributed by atoms with Gasteiger partial charge in [0.15, 0.2) is 18.5 Å². The van der Waals surface area contributed by atoms with Crippen molar-refractivity contribution < 1.29 is 38.2 Å². The van der Waals surface area contributed by atoms with Gasteiger partial charge in [0, 0.05) is 6.07 Å². The van der Waals surface area contributed by atoms with Crippen molar-refractivity contribution in [1.82, 2.24) is 14.9 Å². The van der Waals surface area contributed by atoms with E-state index in [1.54, 1.807) is 0 Å². The first kappa shape index (κ1) is 18.3. The van der Waals surface area contributed by atoms with Crippen LogP contribution >= 0.6 is 0 Å². The Morgan fingerprint density at radius 3 is 2.72 bits per heavy atom. The summed E-state index contributed by atoms with van der Waals surface area (Å²) in [6.07, 6.45) is -1.16. The Morgan fingerprint density at radius 2 is 2.08 bits per heavy atom. The molecule has 1 unspecified atom stereocenters. The lowest BCUT2D eigenvalue weighted by atomic mass is 10.2. The van der Waals surface area contributed by atoms with E-state index in [0.29, 0.717) is 6.07 Å². The summed E-state index contributed by atoms with van der Waals surface area (Å²) in [7, 11) is 0. The minimum atomic E-state index is -1.16. The van der Waals surface area contributed by atoms with Crippen LogP contribution in [0.2, 0.25) is 0 Å². The number of ether oxygens (including phenoxy) is 2. The Balaban J connectivity index is 2.03. The molecule has 2 aromatic rings. The molecule has 0 saturated carbocycles. The highest BCUT2D eigenvalue weighted by molar-refractivity contribution is 5.86. The summed E-state index contributed by atoms with van der Waals surface area (Å²) in [5.74, 6) is -3.80. The van der Waals surface area contributed by atoms with Crippen LogP contribution in [-0.4, -0.2) is 56.3 Å².